The fourth-order valence-corrected chi connectivity index (χ4v) is 3.16. The van der Waals surface area contributed by atoms with Crippen LogP contribution in [0.5, 0.6) is 5.75 Å². The van der Waals surface area contributed by atoms with Gasteiger partial charge in [-0.25, -0.2) is 0 Å². The van der Waals surface area contributed by atoms with Crippen LogP contribution in [0.25, 0.3) is 6.08 Å². The van der Waals surface area contributed by atoms with E-state index in [4.69, 9.17) is 9.47 Å². The fourth-order valence-electron chi connectivity index (χ4n) is 3.16. The van der Waals surface area contributed by atoms with Gasteiger partial charge in [0.1, 0.15) is 5.75 Å². The zero-order valence-corrected chi connectivity index (χ0v) is 13.1. The summed E-state index contributed by atoms with van der Waals surface area (Å²) in [5.41, 5.74) is 2.03. The first-order valence-electron chi connectivity index (χ1n) is 7.95. The van der Waals surface area contributed by atoms with Crippen molar-refractivity contribution in [2.45, 2.75) is 12.8 Å². The average molecular weight is 301 g/mol. The zero-order chi connectivity index (χ0) is 15.4. The van der Waals surface area contributed by atoms with Gasteiger partial charge >= 0.3 is 0 Å². The third-order valence-electron chi connectivity index (χ3n) is 4.49. The summed E-state index contributed by atoms with van der Waals surface area (Å²) in [5, 5.41) is 0. The van der Waals surface area contributed by atoms with Crippen molar-refractivity contribution in [2.24, 2.45) is 5.92 Å². The third kappa shape index (κ3) is 3.57. The second kappa shape index (κ2) is 7.07. The summed E-state index contributed by atoms with van der Waals surface area (Å²) in [4.78, 5) is 14.9. The van der Waals surface area contributed by atoms with E-state index in [-0.39, 0.29) is 5.92 Å². The highest BCUT2D eigenvalue weighted by Crippen LogP contribution is 2.29. The first-order valence-corrected chi connectivity index (χ1v) is 7.95. The van der Waals surface area contributed by atoms with Crippen molar-refractivity contribution in [2.75, 3.05) is 40.0 Å². The highest BCUT2D eigenvalue weighted by Gasteiger charge is 2.30. The topological polar surface area (TPSA) is 38.8 Å². The Balaban J connectivity index is 1.63. The minimum atomic E-state index is 0.155. The molecular weight excluding hydrogens is 278 g/mol. The van der Waals surface area contributed by atoms with Gasteiger partial charge in [0, 0.05) is 25.6 Å². The second-order valence-electron chi connectivity index (χ2n) is 5.96. The van der Waals surface area contributed by atoms with Gasteiger partial charge in [-0.05, 0) is 42.2 Å². The molecule has 1 heterocycles. The number of benzene rings is 1. The summed E-state index contributed by atoms with van der Waals surface area (Å²) in [7, 11) is 1.66. The molecule has 1 saturated heterocycles. The molecule has 1 aromatic carbocycles. The number of rotatable bonds is 4. The van der Waals surface area contributed by atoms with E-state index in [0.29, 0.717) is 5.78 Å². The monoisotopic (exact) mass is 301 g/mol. The lowest BCUT2D eigenvalue weighted by molar-refractivity contribution is -0.118. The summed E-state index contributed by atoms with van der Waals surface area (Å²) in [6, 6.07) is 7.84. The zero-order valence-electron chi connectivity index (χ0n) is 13.1. The van der Waals surface area contributed by atoms with Crippen molar-refractivity contribution >= 4 is 11.9 Å². The van der Waals surface area contributed by atoms with E-state index in [9.17, 15) is 4.79 Å². The van der Waals surface area contributed by atoms with Crippen LogP contribution in [0.15, 0.2) is 29.8 Å². The van der Waals surface area contributed by atoms with Crippen molar-refractivity contribution in [3.05, 3.63) is 35.4 Å². The molecule has 0 aromatic heterocycles. The number of hydrogen-bond acceptors (Lipinski definition) is 4. The van der Waals surface area contributed by atoms with Gasteiger partial charge in [0.15, 0.2) is 5.78 Å². The summed E-state index contributed by atoms with van der Waals surface area (Å²) >= 11 is 0. The van der Waals surface area contributed by atoms with Crippen LogP contribution in [0.2, 0.25) is 0 Å². The predicted octanol–water partition coefficient (Wildman–Crippen LogP) is 2.39. The number of ketones is 1. The molecular formula is C18H23NO3. The van der Waals surface area contributed by atoms with Crippen LogP contribution in [0.1, 0.15) is 18.4 Å². The Bertz CT molecular complexity index is 544. The quantitative estimate of drug-likeness (QED) is 0.801. The number of hydrogen-bond donors (Lipinski definition) is 0. The molecule has 1 aliphatic carbocycles. The minimum Gasteiger partial charge on any atom is -0.497 e. The first-order chi connectivity index (χ1) is 10.8. The Hall–Kier alpha value is -1.65. The van der Waals surface area contributed by atoms with Crippen LogP contribution < -0.4 is 4.74 Å². The standard InChI is InChI=1S/C18H23NO3/c1-21-17-6-2-14(3-7-17)12-15-4-5-16(18(15)20)13-19-8-10-22-11-9-19/h2-3,6-7,12,16H,4-5,8-11,13H2,1H3/b15-12-. The molecule has 0 N–H and O–H groups in total. The van der Waals surface area contributed by atoms with Crippen LogP contribution in [-0.2, 0) is 9.53 Å². The van der Waals surface area contributed by atoms with Gasteiger partial charge in [-0.3, -0.25) is 9.69 Å². The van der Waals surface area contributed by atoms with E-state index in [1.54, 1.807) is 7.11 Å². The van der Waals surface area contributed by atoms with Gasteiger partial charge in [0.25, 0.3) is 0 Å². The number of allylic oxidation sites excluding steroid dienone is 1. The number of Topliss-reactive ketones (excluding diaryl/α,β-unsaturated/α-hetero) is 1. The van der Waals surface area contributed by atoms with Gasteiger partial charge in [-0.1, -0.05) is 12.1 Å². The second-order valence-corrected chi connectivity index (χ2v) is 5.96. The van der Waals surface area contributed by atoms with Crippen molar-refractivity contribution in [1.82, 2.24) is 4.90 Å². The van der Waals surface area contributed by atoms with E-state index < -0.39 is 0 Å². The minimum absolute atomic E-state index is 0.155. The molecule has 0 spiro atoms. The molecule has 3 rings (SSSR count). The van der Waals surface area contributed by atoms with Crippen LogP contribution in [0, 0.1) is 5.92 Å². The maximum atomic E-state index is 12.6. The van der Waals surface area contributed by atoms with E-state index in [2.05, 4.69) is 4.90 Å². The molecule has 1 unspecified atom stereocenters. The maximum Gasteiger partial charge on any atom is 0.163 e. The SMILES string of the molecule is COc1ccc(/C=C2/CCC(CN3CCOCC3)C2=O)cc1. The largest absolute Gasteiger partial charge is 0.497 e. The lowest BCUT2D eigenvalue weighted by atomic mass is 10.0. The molecule has 1 aliphatic heterocycles. The predicted molar refractivity (Wildman–Crippen MR) is 86.0 cm³/mol. The molecule has 4 heteroatoms. The van der Waals surface area contributed by atoms with Gasteiger partial charge in [-0.15, -0.1) is 0 Å². The van der Waals surface area contributed by atoms with Gasteiger partial charge in [-0.2, -0.15) is 0 Å². The molecule has 1 saturated carbocycles. The Morgan fingerprint density at radius 3 is 2.68 bits per heavy atom. The smallest absolute Gasteiger partial charge is 0.163 e. The average Bonchev–Trinajstić information content (AvgIpc) is 2.90. The van der Waals surface area contributed by atoms with Gasteiger partial charge in [0.05, 0.1) is 20.3 Å². The molecule has 2 fully saturated rings. The number of morpholine rings is 1. The van der Waals surface area contributed by atoms with Crippen LogP contribution in [0.3, 0.4) is 0 Å². The first kappa shape index (κ1) is 15.3. The molecule has 4 nitrogen and oxygen atoms in total. The van der Waals surface area contributed by atoms with Crippen LogP contribution in [0.4, 0.5) is 0 Å². The number of carbonyl (C=O) groups excluding carboxylic acids is 1. The van der Waals surface area contributed by atoms with Crippen molar-refractivity contribution in [3.8, 4) is 5.75 Å². The van der Waals surface area contributed by atoms with Crippen molar-refractivity contribution < 1.29 is 14.3 Å². The lowest BCUT2D eigenvalue weighted by Crippen LogP contribution is -2.40. The van der Waals surface area contributed by atoms with Gasteiger partial charge < -0.3 is 9.47 Å². The van der Waals surface area contributed by atoms with E-state index >= 15 is 0 Å². The third-order valence-corrected chi connectivity index (χ3v) is 4.49. The highest BCUT2D eigenvalue weighted by molar-refractivity contribution is 6.03. The molecule has 0 amide bonds. The summed E-state index contributed by atoms with van der Waals surface area (Å²) in [6.45, 7) is 4.34. The van der Waals surface area contributed by atoms with Crippen molar-refractivity contribution in [1.29, 1.82) is 0 Å². The molecule has 1 aromatic rings. The highest BCUT2D eigenvalue weighted by atomic mass is 16.5. The number of nitrogens with zero attached hydrogens (tertiary/aromatic N) is 1. The molecule has 118 valence electrons. The Morgan fingerprint density at radius 1 is 1.27 bits per heavy atom. The van der Waals surface area contributed by atoms with E-state index in [1.165, 1.54) is 0 Å². The number of ether oxygens (including phenoxy) is 2. The fraction of sp³-hybridized carbons (Fsp3) is 0.500. The molecule has 0 radical (unpaired) electrons. The maximum absolute atomic E-state index is 12.6. The van der Waals surface area contributed by atoms with E-state index in [0.717, 1.165) is 62.6 Å². The summed E-state index contributed by atoms with van der Waals surface area (Å²) in [5.74, 6) is 1.31. The Labute approximate surface area is 131 Å². The molecule has 22 heavy (non-hydrogen) atoms. The van der Waals surface area contributed by atoms with Crippen molar-refractivity contribution in [3.63, 3.8) is 0 Å². The normalized spacial score (nSPS) is 24.9. The Kier molecular flexibility index (Phi) is 4.90. The Morgan fingerprint density at radius 2 is 2.00 bits per heavy atom. The molecule has 2 aliphatic rings. The molecule has 0 bridgehead atoms. The van der Waals surface area contributed by atoms with E-state index in [1.807, 2.05) is 30.3 Å². The lowest BCUT2D eigenvalue weighted by Gasteiger charge is -2.28. The summed E-state index contributed by atoms with van der Waals surface area (Å²) < 4.78 is 10.5. The van der Waals surface area contributed by atoms with Crippen LogP contribution in [-0.4, -0.2) is 50.6 Å². The molecule has 1 atom stereocenters. The summed E-state index contributed by atoms with van der Waals surface area (Å²) in [6.07, 6.45) is 3.89. The van der Waals surface area contributed by atoms with Crippen LogP contribution >= 0.6 is 0 Å². The van der Waals surface area contributed by atoms with Gasteiger partial charge in [0.2, 0.25) is 0 Å². The number of methoxy groups -OCH3 is 1. The number of carbonyl (C=O) groups is 1.